The quantitative estimate of drug-likeness (QED) is 0.711. The van der Waals surface area contributed by atoms with Crippen molar-refractivity contribution >= 4 is 11.9 Å². The Kier molecular flexibility index (Phi) is 6.60. The van der Waals surface area contributed by atoms with Crippen LogP contribution in [0.5, 0.6) is 0 Å². The van der Waals surface area contributed by atoms with E-state index >= 15 is 0 Å². The normalized spacial score (nSPS) is 17.4. The summed E-state index contributed by atoms with van der Waals surface area (Å²) in [6, 6.07) is 6.74. The van der Waals surface area contributed by atoms with Gasteiger partial charge in [0.05, 0.1) is 0 Å². The average Bonchev–Trinajstić information content (AvgIpc) is 2.37. The maximum Gasteiger partial charge on any atom is 0.123 e. The Morgan fingerprint density at radius 3 is 2.18 bits per heavy atom. The molecule has 0 bridgehead atoms. The summed E-state index contributed by atoms with van der Waals surface area (Å²) in [5.74, 6) is 0.696. The van der Waals surface area contributed by atoms with Gasteiger partial charge in [-0.25, -0.2) is 8.70 Å². The van der Waals surface area contributed by atoms with E-state index < -0.39 is 0 Å². The Balaban J connectivity index is 0.000000686. The minimum atomic E-state index is -0.161. The van der Waals surface area contributed by atoms with Gasteiger partial charge < -0.3 is 0 Å². The zero-order chi connectivity index (χ0) is 12.7. The SMILES string of the molecule is CC.CC1CCN(Sc2ccc(F)cc2)CC1. The van der Waals surface area contributed by atoms with Gasteiger partial charge in [-0.3, -0.25) is 0 Å². The van der Waals surface area contributed by atoms with Crippen LogP contribution in [0.3, 0.4) is 0 Å². The molecule has 1 saturated heterocycles. The van der Waals surface area contributed by atoms with Gasteiger partial charge in [0, 0.05) is 18.0 Å². The van der Waals surface area contributed by atoms with Gasteiger partial charge in [0.25, 0.3) is 0 Å². The molecule has 0 spiro atoms. The molecule has 1 heterocycles. The third-order valence-corrected chi connectivity index (χ3v) is 3.90. The fourth-order valence-corrected chi connectivity index (χ4v) is 2.67. The van der Waals surface area contributed by atoms with Crippen LogP contribution in [0.15, 0.2) is 29.2 Å². The number of hydrogen-bond donors (Lipinski definition) is 0. The summed E-state index contributed by atoms with van der Waals surface area (Å²) >= 11 is 1.74. The van der Waals surface area contributed by atoms with Gasteiger partial charge in [-0.15, -0.1) is 0 Å². The highest BCUT2D eigenvalue weighted by Gasteiger charge is 2.16. The molecule has 17 heavy (non-hydrogen) atoms. The summed E-state index contributed by atoms with van der Waals surface area (Å²) in [4.78, 5) is 1.13. The summed E-state index contributed by atoms with van der Waals surface area (Å²) < 4.78 is 15.1. The van der Waals surface area contributed by atoms with Crippen LogP contribution in [0.1, 0.15) is 33.6 Å². The predicted octanol–water partition coefficient (Wildman–Crippen LogP) is 4.59. The Hall–Kier alpha value is -0.540. The van der Waals surface area contributed by atoms with Crippen molar-refractivity contribution in [1.82, 2.24) is 4.31 Å². The molecule has 0 aliphatic carbocycles. The summed E-state index contributed by atoms with van der Waals surface area (Å²) in [5, 5.41) is 0. The molecule has 1 aromatic carbocycles. The number of nitrogens with zero attached hydrogens (tertiary/aromatic N) is 1. The molecule has 0 amide bonds. The van der Waals surface area contributed by atoms with Crippen LogP contribution in [0, 0.1) is 11.7 Å². The lowest BCUT2D eigenvalue weighted by Crippen LogP contribution is -2.27. The van der Waals surface area contributed by atoms with E-state index in [1.165, 1.54) is 25.0 Å². The molecule has 1 aromatic rings. The minimum absolute atomic E-state index is 0.161. The zero-order valence-electron chi connectivity index (χ0n) is 10.9. The second kappa shape index (κ2) is 7.72. The molecule has 0 unspecified atom stereocenters. The van der Waals surface area contributed by atoms with Crippen molar-refractivity contribution in [2.75, 3.05) is 13.1 Å². The molecule has 0 radical (unpaired) electrons. The average molecular weight is 255 g/mol. The first-order valence-corrected chi connectivity index (χ1v) is 7.20. The van der Waals surface area contributed by atoms with Crippen LogP contribution in [0.2, 0.25) is 0 Å². The molecule has 3 heteroatoms. The molecule has 2 rings (SSSR count). The lowest BCUT2D eigenvalue weighted by Gasteiger charge is -2.28. The molecule has 1 nitrogen and oxygen atoms in total. The summed E-state index contributed by atoms with van der Waals surface area (Å²) in [5.41, 5.74) is 0. The first-order valence-electron chi connectivity index (χ1n) is 6.42. The van der Waals surface area contributed by atoms with Gasteiger partial charge in [0.15, 0.2) is 0 Å². The van der Waals surface area contributed by atoms with Crippen LogP contribution in [-0.2, 0) is 0 Å². The summed E-state index contributed by atoms with van der Waals surface area (Å²) in [6.45, 7) is 8.59. The largest absolute Gasteiger partial charge is 0.246 e. The molecule has 1 aliphatic heterocycles. The standard InChI is InChI=1S/C12H16FNS.C2H6/c1-10-6-8-14(9-7-10)15-12-4-2-11(13)3-5-12;1-2/h2-5,10H,6-9H2,1H3;1-2H3. The topological polar surface area (TPSA) is 3.24 Å². The maximum atomic E-state index is 12.7. The van der Waals surface area contributed by atoms with Crippen LogP contribution in [-0.4, -0.2) is 17.4 Å². The molecule has 1 fully saturated rings. The number of benzene rings is 1. The molecular formula is C14H22FNS. The molecule has 1 aliphatic rings. The second-order valence-corrected chi connectivity index (χ2v) is 5.33. The van der Waals surface area contributed by atoms with E-state index in [0.717, 1.165) is 23.9 Å². The number of rotatable bonds is 2. The highest BCUT2D eigenvalue weighted by atomic mass is 32.2. The van der Waals surface area contributed by atoms with E-state index in [9.17, 15) is 4.39 Å². The molecule has 0 saturated carbocycles. The smallest absolute Gasteiger partial charge is 0.123 e. The van der Waals surface area contributed by atoms with Crippen LogP contribution in [0.25, 0.3) is 0 Å². The Labute approximate surface area is 109 Å². The minimum Gasteiger partial charge on any atom is -0.246 e. The lowest BCUT2D eigenvalue weighted by molar-refractivity contribution is 0.308. The van der Waals surface area contributed by atoms with Gasteiger partial charge in [0.1, 0.15) is 5.82 Å². The van der Waals surface area contributed by atoms with E-state index in [-0.39, 0.29) is 5.82 Å². The van der Waals surface area contributed by atoms with Gasteiger partial charge in [0.2, 0.25) is 0 Å². The van der Waals surface area contributed by atoms with Crippen LogP contribution in [0.4, 0.5) is 4.39 Å². The molecule has 96 valence electrons. The van der Waals surface area contributed by atoms with Crippen molar-refractivity contribution in [3.63, 3.8) is 0 Å². The lowest BCUT2D eigenvalue weighted by atomic mass is 10.0. The van der Waals surface area contributed by atoms with Crippen molar-refractivity contribution in [1.29, 1.82) is 0 Å². The van der Waals surface area contributed by atoms with E-state index in [4.69, 9.17) is 0 Å². The van der Waals surface area contributed by atoms with Gasteiger partial charge in [-0.1, -0.05) is 20.8 Å². The van der Waals surface area contributed by atoms with Crippen molar-refractivity contribution in [3.05, 3.63) is 30.1 Å². The molecule has 0 N–H and O–H groups in total. The molecule has 0 aromatic heterocycles. The third kappa shape index (κ3) is 5.09. The fraction of sp³-hybridized carbons (Fsp3) is 0.571. The summed E-state index contributed by atoms with van der Waals surface area (Å²) in [7, 11) is 0. The summed E-state index contributed by atoms with van der Waals surface area (Å²) in [6.07, 6.45) is 2.54. The Bertz CT molecular complexity index is 305. The van der Waals surface area contributed by atoms with E-state index in [1.807, 2.05) is 26.0 Å². The van der Waals surface area contributed by atoms with E-state index in [1.54, 1.807) is 11.9 Å². The monoisotopic (exact) mass is 255 g/mol. The third-order valence-electron chi connectivity index (χ3n) is 2.79. The first-order chi connectivity index (χ1) is 8.24. The van der Waals surface area contributed by atoms with Crippen LogP contribution < -0.4 is 0 Å². The fourth-order valence-electron chi connectivity index (χ4n) is 1.72. The Morgan fingerprint density at radius 1 is 1.12 bits per heavy atom. The van der Waals surface area contributed by atoms with Gasteiger partial charge in [-0.05, 0) is 55.0 Å². The Morgan fingerprint density at radius 2 is 1.65 bits per heavy atom. The van der Waals surface area contributed by atoms with Crippen LogP contribution >= 0.6 is 11.9 Å². The highest BCUT2D eigenvalue weighted by Crippen LogP contribution is 2.27. The van der Waals surface area contributed by atoms with Crippen molar-refractivity contribution in [2.24, 2.45) is 5.92 Å². The zero-order valence-corrected chi connectivity index (χ0v) is 11.8. The second-order valence-electron chi connectivity index (χ2n) is 4.16. The number of halogens is 1. The maximum absolute atomic E-state index is 12.7. The first kappa shape index (κ1) is 14.5. The van der Waals surface area contributed by atoms with Crippen molar-refractivity contribution < 1.29 is 4.39 Å². The van der Waals surface area contributed by atoms with E-state index in [2.05, 4.69) is 11.2 Å². The van der Waals surface area contributed by atoms with Crippen molar-refractivity contribution in [2.45, 2.75) is 38.5 Å². The van der Waals surface area contributed by atoms with E-state index in [0.29, 0.717) is 0 Å². The number of piperidine rings is 1. The molecular weight excluding hydrogens is 233 g/mol. The predicted molar refractivity (Wildman–Crippen MR) is 73.6 cm³/mol. The highest BCUT2D eigenvalue weighted by molar-refractivity contribution is 7.97. The number of hydrogen-bond acceptors (Lipinski definition) is 2. The van der Waals surface area contributed by atoms with Gasteiger partial charge in [-0.2, -0.15) is 0 Å². The van der Waals surface area contributed by atoms with Gasteiger partial charge >= 0.3 is 0 Å². The molecule has 0 atom stereocenters. The van der Waals surface area contributed by atoms with Crippen molar-refractivity contribution in [3.8, 4) is 0 Å².